The molecular formula is C35H31ClF3N9O5. The molecule has 6 heterocycles. The van der Waals surface area contributed by atoms with Gasteiger partial charge < -0.3 is 24.6 Å². The van der Waals surface area contributed by atoms with Crippen LogP contribution in [0.5, 0.6) is 5.75 Å². The van der Waals surface area contributed by atoms with Gasteiger partial charge in [-0.15, -0.1) is 5.10 Å². The number of aryl methyl sites for hydroxylation is 1. The summed E-state index contributed by atoms with van der Waals surface area (Å²) in [5.74, 6) is -0.810. The number of likely N-dealkylation sites (tertiary alicyclic amines) is 1. The van der Waals surface area contributed by atoms with Crippen molar-refractivity contribution in [2.24, 2.45) is 0 Å². The molecule has 2 amide bonds. The molecule has 1 saturated carbocycles. The van der Waals surface area contributed by atoms with Gasteiger partial charge >= 0.3 is 6.18 Å². The maximum atomic E-state index is 14.5. The lowest BCUT2D eigenvalue weighted by Gasteiger charge is -2.39. The lowest BCUT2D eigenvalue weighted by molar-refractivity contribution is -0.137. The molecule has 1 saturated heterocycles. The van der Waals surface area contributed by atoms with Gasteiger partial charge in [0.05, 0.1) is 39.3 Å². The molecule has 53 heavy (non-hydrogen) atoms. The summed E-state index contributed by atoms with van der Waals surface area (Å²) in [7, 11) is 0. The minimum absolute atomic E-state index is 0.0370. The number of benzene rings is 1. The van der Waals surface area contributed by atoms with Gasteiger partial charge in [0.15, 0.2) is 17.3 Å². The molecule has 8 rings (SSSR count). The van der Waals surface area contributed by atoms with Crippen molar-refractivity contribution >= 4 is 34.9 Å². The first-order valence-electron chi connectivity index (χ1n) is 16.9. The summed E-state index contributed by atoms with van der Waals surface area (Å²) in [6.45, 7) is 3.17. The van der Waals surface area contributed by atoms with Crippen LogP contribution in [-0.4, -0.2) is 69.0 Å². The first kappa shape index (κ1) is 34.7. The molecule has 1 aliphatic carbocycles. The molecule has 14 nitrogen and oxygen atoms in total. The summed E-state index contributed by atoms with van der Waals surface area (Å²) in [6, 6.07) is 6.33. The molecule has 2 N–H and O–H groups in total. The number of alkyl halides is 3. The molecule has 2 aliphatic heterocycles. The second kappa shape index (κ2) is 12.6. The number of amides is 2. The number of aromatic nitrogens is 7. The van der Waals surface area contributed by atoms with Crippen LogP contribution in [0.3, 0.4) is 0 Å². The molecule has 1 aromatic carbocycles. The number of ether oxygens (including phenoxy) is 1. The molecule has 0 radical (unpaired) electrons. The molecule has 5 aromatic rings. The van der Waals surface area contributed by atoms with Crippen LogP contribution in [-0.2, 0) is 27.9 Å². The van der Waals surface area contributed by atoms with E-state index >= 15 is 0 Å². The Morgan fingerprint density at radius 1 is 1.11 bits per heavy atom. The quantitative estimate of drug-likeness (QED) is 0.236. The number of hydrogen-bond donors (Lipinski definition) is 2. The van der Waals surface area contributed by atoms with E-state index in [0.717, 1.165) is 41.3 Å². The zero-order chi connectivity index (χ0) is 37.4. The highest BCUT2D eigenvalue weighted by atomic mass is 35.5. The minimum atomic E-state index is -4.63. The van der Waals surface area contributed by atoms with Crippen LogP contribution in [0, 0.1) is 6.92 Å². The summed E-state index contributed by atoms with van der Waals surface area (Å²) < 4.78 is 49.0. The van der Waals surface area contributed by atoms with E-state index in [9.17, 15) is 32.7 Å². The zero-order valence-electron chi connectivity index (χ0n) is 28.3. The average molecular weight is 750 g/mol. The van der Waals surface area contributed by atoms with E-state index in [4.69, 9.17) is 16.3 Å². The van der Waals surface area contributed by atoms with Crippen LogP contribution in [0.25, 0.3) is 17.2 Å². The number of piperidine rings is 1. The minimum Gasteiger partial charge on any atom is -0.504 e. The molecule has 274 valence electrons. The molecule has 1 atom stereocenters. The lowest BCUT2D eigenvalue weighted by Crippen LogP contribution is -2.47. The Morgan fingerprint density at radius 2 is 1.87 bits per heavy atom. The van der Waals surface area contributed by atoms with E-state index in [1.165, 1.54) is 15.8 Å². The molecule has 3 aliphatic rings. The Hall–Kier alpha value is -5.42. The van der Waals surface area contributed by atoms with Crippen molar-refractivity contribution in [1.82, 2.24) is 39.0 Å². The van der Waals surface area contributed by atoms with Gasteiger partial charge in [-0.05, 0) is 69.9 Å². The van der Waals surface area contributed by atoms with E-state index in [2.05, 4.69) is 30.4 Å². The highest BCUT2D eigenvalue weighted by Gasteiger charge is 2.50. The number of hydrogen-bond acceptors (Lipinski definition) is 10. The Balaban J connectivity index is 1.17. The number of halogens is 4. The molecule has 4 aromatic heterocycles. The van der Waals surface area contributed by atoms with Crippen molar-refractivity contribution in [2.75, 3.05) is 18.4 Å². The number of pyridine rings is 1. The molecule has 2 fully saturated rings. The zero-order valence-corrected chi connectivity index (χ0v) is 29.1. The fourth-order valence-corrected chi connectivity index (χ4v) is 7.38. The summed E-state index contributed by atoms with van der Waals surface area (Å²) >= 11 is 6.14. The second-order valence-corrected chi connectivity index (χ2v) is 13.9. The number of rotatable bonds is 6. The highest BCUT2D eigenvalue weighted by Crippen LogP contribution is 2.48. The number of anilines is 1. The fourth-order valence-electron chi connectivity index (χ4n) is 7.15. The second-order valence-electron chi connectivity index (χ2n) is 13.5. The van der Waals surface area contributed by atoms with Crippen molar-refractivity contribution in [2.45, 2.75) is 69.9 Å². The number of fused-ring (bicyclic) bond motifs is 3. The van der Waals surface area contributed by atoms with Crippen LogP contribution in [0.2, 0.25) is 5.02 Å². The smallest absolute Gasteiger partial charge is 0.416 e. The van der Waals surface area contributed by atoms with Crippen LogP contribution in [0.4, 0.5) is 18.9 Å². The van der Waals surface area contributed by atoms with Crippen molar-refractivity contribution < 1.29 is 32.6 Å². The van der Waals surface area contributed by atoms with Gasteiger partial charge in [-0.3, -0.25) is 19.4 Å². The lowest BCUT2D eigenvalue weighted by atomic mass is 9.85. The maximum absolute atomic E-state index is 14.5. The third-order valence-electron chi connectivity index (χ3n) is 10.0. The number of nitrogens with one attached hydrogen (secondary N) is 1. The van der Waals surface area contributed by atoms with Crippen LogP contribution in [0.1, 0.15) is 83.3 Å². The Kier molecular flexibility index (Phi) is 8.25. The highest BCUT2D eigenvalue weighted by molar-refractivity contribution is 6.33. The Morgan fingerprint density at radius 3 is 2.53 bits per heavy atom. The van der Waals surface area contributed by atoms with Crippen molar-refractivity contribution in [3.8, 4) is 17.1 Å². The summed E-state index contributed by atoms with van der Waals surface area (Å²) in [4.78, 5) is 60.1. The molecule has 0 bridgehead atoms. The predicted molar refractivity (Wildman–Crippen MR) is 182 cm³/mol. The van der Waals surface area contributed by atoms with Gasteiger partial charge in [-0.1, -0.05) is 11.6 Å². The van der Waals surface area contributed by atoms with Gasteiger partial charge in [0, 0.05) is 36.5 Å². The van der Waals surface area contributed by atoms with Crippen LogP contribution in [0.15, 0.2) is 47.7 Å². The van der Waals surface area contributed by atoms with Gasteiger partial charge in [-0.25, -0.2) is 9.97 Å². The average Bonchev–Trinajstić information content (AvgIpc) is 3.81. The third kappa shape index (κ3) is 6.06. The fraction of sp³-hybridized carbons (Fsp3) is 0.371. The molecule has 1 spiro atoms. The summed E-state index contributed by atoms with van der Waals surface area (Å²) in [5.41, 5.74) is -0.416. The standard InChI is InChI=1S/C35H31ClF3N9O5/c1-17-29(50)27(42-16-41-17)32(52)46-11-9-34(10-12-46)26-28(18(2)53-34)47(15-25(49)43-24-8-6-21(13-22(24)36)35(37,38)39)33-44-30(45-48(33)31(26)51)20-5-7-23(40-14-20)19-3-4-19/h5-8,13-14,16,18-19,50H,3-4,9-12,15H2,1-2H3,(H,43,49). The summed E-state index contributed by atoms with van der Waals surface area (Å²) in [5, 5.41) is 17.3. The van der Waals surface area contributed by atoms with E-state index in [1.54, 1.807) is 20.0 Å². The van der Waals surface area contributed by atoms with Crippen LogP contribution < -0.4 is 10.9 Å². The van der Waals surface area contributed by atoms with E-state index in [-0.39, 0.29) is 70.9 Å². The van der Waals surface area contributed by atoms with E-state index in [1.807, 2.05) is 12.1 Å². The van der Waals surface area contributed by atoms with E-state index in [0.29, 0.717) is 17.2 Å². The van der Waals surface area contributed by atoms with E-state index < -0.39 is 47.4 Å². The largest absolute Gasteiger partial charge is 0.504 e. The van der Waals surface area contributed by atoms with Gasteiger partial charge in [-0.2, -0.15) is 22.7 Å². The number of nitrogens with zero attached hydrogens (tertiary/aromatic N) is 8. The first-order valence-corrected chi connectivity index (χ1v) is 17.3. The molecule has 18 heteroatoms. The predicted octanol–water partition coefficient (Wildman–Crippen LogP) is 5.17. The Labute approximate surface area is 303 Å². The molecular weight excluding hydrogens is 719 g/mol. The third-order valence-corrected chi connectivity index (χ3v) is 10.3. The van der Waals surface area contributed by atoms with Crippen molar-refractivity contribution in [3.05, 3.63) is 92.1 Å². The van der Waals surface area contributed by atoms with Crippen molar-refractivity contribution in [3.63, 3.8) is 0 Å². The van der Waals surface area contributed by atoms with Crippen molar-refractivity contribution in [1.29, 1.82) is 0 Å². The number of carbonyl (C=O) groups excluding carboxylic acids is 2. The number of aromatic hydroxyl groups is 1. The van der Waals surface area contributed by atoms with Gasteiger partial charge in [0.25, 0.3) is 11.5 Å². The monoisotopic (exact) mass is 749 g/mol. The Bertz CT molecular complexity index is 2370. The molecule has 1 unspecified atom stereocenters. The van der Waals surface area contributed by atoms with Gasteiger partial charge in [0.1, 0.15) is 18.5 Å². The van der Waals surface area contributed by atoms with Crippen LogP contribution >= 0.6 is 11.6 Å². The van der Waals surface area contributed by atoms with Gasteiger partial charge in [0.2, 0.25) is 11.7 Å². The topological polar surface area (TPSA) is 170 Å². The first-order chi connectivity index (χ1) is 25.2. The summed E-state index contributed by atoms with van der Waals surface area (Å²) in [6.07, 6.45) is 0.0274. The normalized spacial score (nSPS) is 18.1. The number of carbonyl (C=O) groups is 2. The SMILES string of the molecule is Cc1ncnc(C(=O)N2CCC3(CC2)OC(C)c2c3c(=O)n3nc(-c4ccc(C5CC5)nc4)nc3n2CC(=O)Nc2ccc(C(F)(F)F)cc2Cl)c1O. The maximum Gasteiger partial charge on any atom is 0.416 e.